The maximum Gasteiger partial charge on any atom is 0.414 e. The number of carboxylic acid groups (broad SMARTS) is 1. The molecule has 1 aliphatic rings. The number of nitrogens with zero attached hydrogens (tertiary/aromatic N) is 1. The molecule has 1 fully saturated rings. The Labute approximate surface area is 104 Å². The molecule has 6 heteroatoms. The van der Waals surface area contributed by atoms with Gasteiger partial charge in [-0.05, 0) is 18.6 Å². The number of hydrogen-bond donors (Lipinski definition) is 1. The van der Waals surface area contributed by atoms with Crippen LogP contribution in [0.4, 0.5) is 10.5 Å². The van der Waals surface area contributed by atoms with E-state index in [1.807, 2.05) is 0 Å². The largest absolute Gasteiger partial charge is 0.496 e. The van der Waals surface area contributed by atoms with Crippen LogP contribution in [0.5, 0.6) is 5.75 Å². The molecule has 0 saturated carbocycles. The molecule has 1 aromatic carbocycles. The molecule has 18 heavy (non-hydrogen) atoms. The molecule has 1 aromatic rings. The minimum absolute atomic E-state index is 0.0617. The fourth-order valence-corrected chi connectivity index (χ4v) is 1.81. The highest BCUT2D eigenvalue weighted by Crippen LogP contribution is 2.27. The first-order valence-corrected chi connectivity index (χ1v) is 5.49. The first-order valence-electron chi connectivity index (χ1n) is 5.49. The van der Waals surface area contributed by atoms with E-state index in [1.54, 1.807) is 6.07 Å². The predicted molar refractivity (Wildman–Crippen MR) is 63.3 cm³/mol. The van der Waals surface area contributed by atoms with Crippen molar-refractivity contribution in [1.82, 2.24) is 0 Å². The van der Waals surface area contributed by atoms with Crippen molar-refractivity contribution < 1.29 is 24.2 Å². The van der Waals surface area contributed by atoms with Gasteiger partial charge in [-0.1, -0.05) is 0 Å². The van der Waals surface area contributed by atoms with Gasteiger partial charge in [0.15, 0.2) is 0 Å². The Morgan fingerprint density at radius 1 is 1.50 bits per heavy atom. The minimum Gasteiger partial charge on any atom is -0.496 e. The van der Waals surface area contributed by atoms with Gasteiger partial charge in [-0.25, -0.2) is 9.59 Å². The van der Waals surface area contributed by atoms with Crippen molar-refractivity contribution in [3.63, 3.8) is 0 Å². The van der Waals surface area contributed by atoms with E-state index in [0.29, 0.717) is 18.8 Å². The lowest BCUT2D eigenvalue weighted by Crippen LogP contribution is -2.37. The molecular formula is C12H13NO5. The Morgan fingerprint density at radius 2 is 2.28 bits per heavy atom. The first kappa shape index (κ1) is 12.2. The van der Waals surface area contributed by atoms with Gasteiger partial charge in [0.05, 0.1) is 19.4 Å². The number of hydrogen-bond acceptors (Lipinski definition) is 4. The molecule has 1 amide bonds. The number of methoxy groups -OCH3 is 1. The third-order valence-electron chi connectivity index (χ3n) is 2.70. The van der Waals surface area contributed by atoms with E-state index in [0.717, 1.165) is 6.42 Å². The molecule has 96 valence electrons. The van der Waals surface area contributed by atoms with Gasteiger partial charge in [-0.15, -0.1) is 0 Å². The molecule has 0 aromatic heterocycles. The van der Waals surface area contributed by atoms with Gasteiger partial charge in [-0.3, -0.25) is 4.90 Å². The van der Waals surface area contributed by atoms with Crippen LogP contribution in [0.1, 0.15) is 16.8 Å². The van der Waals surface area contributed by atoms with Crippen molar-refractivity contribution in [3.05, 3.63) is 23.8 Å². The fourth-order valence-electron chi connectivity index (χ4n) is 1.81. The van der Waals surface area contributed by atoms with E-state index in [4.69, 9.17) is 14.6 Å². The van der Waals surface area contributed by atoms with Crippen molar-refractivity contribution in [2.75, 3.05) is 25.2 Å². The third-order valence-corrected chi connectivity index (χ3v) is 2.70. The topological polar surface area (TPSA) is 76.1 Å². The molecule has 0 spiro atoms. The average Bonchev–Trinajstić information content (AvgIpc) is 2.38. The summed E-state index contributed by atoms with van der Waals surface area (Å²) < 4.78 is 9.94. The molecule has 0 bridgehead atoms. The molecule has 1 heterocycles. The van der Waals surface area contributed by atoms with Crippen molar-refractivity contribution in [1.29, 1.82) is 0 Å². The zero-order valence-electron chi connectivity index (χ0n) is 9.88. The summed E-state index contributed by atoms with van der Waals surface area (Å²) in [7, 11) is 1.39. The maximum atomic E-state index is 11.6. The molecule has 6 nitrogen and oxygen atoms in total. The van der Waals surface area contributed by atoms with Crippen LogP contribution in [-0.4, -0.2) is 37.4 Å². The molecule has 0 radical (unpaired) electrons. The zero-order valence-corrected chi connectivity index (χ0v) is 9.88. The highest BCUT2D eigenvalue weighted by atomic mass is 16.6. The molecule has 1 N–H and O–H groups in total. The monoisotopic (exact) mass is 251 g/mol. The Kier molecular flexibility index (Phi) is 3.36. The second-order valence-electron chi connectivity index (χ2n) is 3.81. The molecule has 2 rings (SSSR count). The second-order valence-corrected chi connectivity index (χ2v) is 3.81. The third kappa shape index (κ3) is 2.22. The molecule has 1 saturated heterocycles. The van der Waals surface area contributed by atoms with Gasteiger partial charge in [-0.2, -0.15) is 0 Å². The fraction of sp³-hybridized carbons (Fsp3) is 0.333. The number of carboxylic acids is 1. The van der Waals surface area contributed by atoms with E-state index in [2.05, 4.69) is 0 Å². The quantitative estimate of drug-likeness (QED) is 0.885. The first-order chi connectivity index (χ1) is 8.63. The van der Waals surface area contributed by atoms with E-state index < -0.39 is 12.1 Å². The number of anilines is 1. The normalized spacial score (nSPS) is 15.2. The van der Waals surface area contributed by atoms with E-state index in [-0.39, 0.29) is 11.3 Å². The van der Waals surface area contributed by atoms with E-state index in [1.165, 1.54) is 24.1 Å². The highest BCUT2D eigenvalue weighted by molar-refractivity contribution is 5.94. The van der Waals surface area contributed by atoms with E-state index in [9.17, 15) is 9.59 Å². The molecule has 0 aliphatic carbocycles. The van der Waals surface area contributed by atoms with E-state index >= 15 is 0 Å². The average molecular weight is 251 g/mol. The number of benzene rings is 1. The summed E-state index contributed by atoms with van der Waals surface area (Å²) in [4.78, 5) is 24.0. The highest BCUT2D eigenvalue weighted by Gasteiger charge is 2.23. The Balaban J connectivity index is 2.34. The van der Waals surface area contributed by atoms with Gasteiger partial charge >= 0.3 is 12.1 Å². The van der Waals surface area contributed by atoms with Gasteiger partial charge in [0.25, 0.3) is 0 Å². The summed E-state index contributed by atoms with van der Waals surface area (Å²) in [6.07, 6.45) is 0.320. The van der Waals surface area contributed by atoms with Crippen molar-refractivity contribution >= 4 is 17.7 Å². The van der Waals surface area contributed by atoms with Gasteiger partial charge < -0.3 is 14.6 Å². The van der Waals surface area contributed by atoms with Crippen LogP contribution in [0.15, 0.2) is 18.2 Å². The van der Waals surface area contributed by atoms with Crippen molar-refractivity contribution in [2.45, 2.75) is 6.42 Å². The lowest BCUT2D eigenvalue weighted by atomic mass is 10.1. The van der Waals surface area contributed by atoms with Crippen molar-refractivity contribution in [3.8, 4) is 5.75 Å². The predicted octanol–water partition coefficient (Wildman–Crippen LogP) is 1.74. The number of amides is 1. The Hall–Kier alpha value is -2.24. The second kappa shape index (κ2) is 4.95. The Bertz CT molecular complexity index is 485. The summed E-state index contributed by atoms with van der Waals surface area (Å²) >= 11 is 0. The number of carbonyl (C=O) groups excluding carboxylic acids is 1. The summed E-state index contributed by atoms with van der Waals surface area (Å²) in [6.45, 7) is 0.966. The van der Waals surface area contributed by atoms with Crippen LogP contribution in [-0.2, 0) is 4.74 Å². The summed E-state index contributed by atoms with van der Waals surface area (Å²) in [5.74, 6) is -0.849. The zero-order chi connectivity index (χ0) is 13.1. The number of carbonyl (C=O) groups is 2. The van der Waals surface area contributed by atoms with Crippen LogP contribution in [0, 0.1) is 0 Å². The van der Waals surface area contributed by atoms with Crippen molar-refractivity contribution in [2.24, 2.45) is 0 Å². The summed E-state index contributed by atoms with van der Waals surface area (Å²) in [5.41, 5.74) is 0.633. The Morgan fingerprint density at radius 3 is 2.89 bits per heavy atom. The van der Waals surface area contributed by atoms with Crippen LogP contribution in [0.2, 0.25) is 0 Å². The lowest BCUT2D eigenvalue weighted by molar-refractivity contribution is 0.0693. The maximum absolute atomic E-state index is 11.6. The standard InChI is InChI=1S/C12H13NO5/c1-17-10-7-8(3-4-9(10)11(14)15)13-5-2-6-18-12(13)16/h3-4,7H,2,5-6H2,1H3,(H,14,15). The number of ether oxygens (including phenoxy) is 2. The molecule has 0 atom stereocenters. The number of rotatable bonds is 3. The van der Waals surface area contributed by atoms with Crippen LogP contribution < -0.4 is 9.64 Å². The number of aromatic carboxylic acids is 1. The van der Waals surface area contributed by atoms with Crippen LogP contribution in [0.25, 0.3) is 0 Å². The molecular weight excluding hydrogens is 238 g/mol. The van der Waals surface area contributed by atoms with Gasteiger partial charge in [0.1, 0.15) is 11.3 Å². The SMILES string of the molecule is COc1cc(N2CCCOC2=O)ccc1C(=O)O. The minimum atomic E-state index is -1.07. The summed E-state index contributed by atoms with van der Waals surface area (Å²) in [6, 6.07) is 4.51. The number of cyclic esters (lactones) is 1. The van der Waals surface area contributed by atoms with Crippen LogP contribution >= 0.6 is 0 Å². The molecule has 1 aliphatic heterocycles. The lowest BCUT2D eigenvalue weighted by Gasteiger charge is -2.26. The van der Waals surface area contributed by atoms with Crippen LogP contribution in [0.3, 0.4) is 0 Å². The smallest absolute Gasteiger partial charge is 0.414 e. The van der Waals surface area contributed by atoms with Gasteiger partial charge in [0.2, 0.25) is 0 Å². The summed E-state index contributed by atoms with van der Waals surface area (Å²) in [5, 5.41) is 8.96. The van der Waals surface area contributed by atoms with Gasteiger partial charge in [0, 0.05) is 12.6 Å². The molecule has 0 unspecified atom stereocenters.